The molecule has 7 heteroatoms. The summed E-state index contributed by atoms with van der Waals surface area (Å²) in [7, 11) is 1.63. The fourth-order valence-electron chi connectivity index (χ4n) is 2.35. The van der Waals surface area contributed by atoms with Crippen LogP contribution >= 0.6 is 0 Å². The number of nitrogens with one attached hydrogen (secondary N) is 2. The number of rotatable bonds is 10. The molecule has 1 heterocycles. The summed E-state index contributed by atoms with van der Waals surface area (Å²) in [6, 6.07) is 10.6. The number of aromatic nitrogens is 1. The number of hydrogen-bond donors (Lipinski definition) is 2. The van der Waals surface area contributed by atoms with Crippen molar-refractivity contribution in [2.24, 2.45) is 4.99 Å². The van der Waals surface area contributed by atoms with E-state index in [0.29, 0.717) is 50.1 Å². The molecule has 2 rings (SSSR count). The monoisotopic (exact) mass is 374 g/mol. The summed E-state index contributed by atoms with van der Waals surface area (Å²) >= 11 is 0. The van der Waals surface area contributed by atoms with E-state index in [4.69, 9.17) is 9.47 Å². The molecular formula is C20H27FN4O2. The minimum Gasteiger partial charge on any atom is -0.475 e. The van der Waals surface area contributed by atoms with Gasteiger partial charge in [0.05, 0.1) is 13.2 Å². The number of methoxy groups -OCH3 is 1. The molecule has 0 aliphatic carbocycles. The summed E-state index contributed by atoms with van der Waals surface area (Å²) < 4.78 is 24.0. The fourth-order valence-corrected chi connectivity index (χ4v) is 2.35. The minimum absolute atomic E-state index is 0.180. The standard InChI is InChI=1S/C20H27FN4O2/c1-3-22-20(23-11-10-17-6-4-5-7-18(17)21)25-15-16-8-9-19(24-14-16)27-13-12-26-2/h4-9,14H,3,10-13,15H2,1-2H3,(H2,22,23,25). The molecule has 0 aliphatic heterocycles. The second-order valence-electron chi connectivity index (χ2n) is 5.81. The average molecular weight is 374 g/mol. The molecule has 27 heavy (non-hydrogen) atoms. The van der Waals surface area contributed by atoms with Crippen molar-refractivity contribution in [1.29, 1.82) is 0 Å². The van der Waals surface area contributed by atoms with Gasteiger partial charge < -0.3 is 20.1 Å². The zero-order valence-corrected chi connectivity index (χ0v) is 15.9. The van der Waals surface area contributed by atoms with Crippen LogP contribution in [0.3, 0.4) is 0 Å². The first-order valence-corrected chi connectivity index (χ1v) is 9.05. The molecule has 6 nitrogen and oxygen atoms in total. The molecule has 0 fully saturated rings. The summed E-state index contributed by atoms with van der Waals surface area (Å²) in [4.78, 5) is 8.80. The number of halogens is 1. The Bertz CT molecular complexity index is 707. The zero-order valence-electron chi connectivity index (χ0n) is 15.9. The maximum absolute atomic E-state index is 13.7. The predicted octanol–water partition coefficient (Wildman–Crippen LogP) is 2.54. The van der Waals surface area contributed by atoms with Crippen LogP contribution in [0.5, 0.6) is 5.88 Å². The lowest BCUT2D eigenvalue weighted by atomic mass is 10.1. The average Bonchev–Trinajstić information content (AvgIpc) is 2.69. The number of benzene rings is 1. The molecule has 0 atom stereocenters. The van der Waals surface area contributed by atoms with Crippen LogP contribution in [0, 0.1) is 5.82 Å². The summed E-state index contributed by atoms with van der Waals surface area (Å²) in [6.45, 7) is 4.82. The summed E-state index contributed by atoms with van der Waals surface area (Å²) in [5, 5.41) is 6.41. The van der Waals surface area contributed by atoms with E-state index < -0.39 is 0 Å². The van der Waals surface area contributed by atoms with E-state index >= 15 is 0 Å². The van der Waals surface area contributed by atoms with Crippen LogP contribution in [-0.2, 0) is 17.7 Å². The Kier molecular flexibility index (Phi) is 9.06. The van der Waals surface area contributed by atoms with Crippen LogP contribution in [0.4, 0.5) is 4.39 Å². The lowest BCUT2D eigenvalue weighted by molar-refractivity contribution is 0.143. The highest BCUT2D eigenvalue weighted by molar-refractivity contribution is 5.79. The highest BCUT2D eigenvalue weighted by atomic mass is 19.1. The molecule has 2 N–H and O–H groups in total. The number of pyridine rings is 1. The van der Waals surface area contributed by atoms with Crippen molar-refractivity contribution >= 4 is 5.96 Å². The number of nitrogens with zero attached hydrogens (tertiary/aromatic N) is 2. The van der Waals surface area contributed by atoms with Crippen molar-refractivity contribution in [1.82, 2.24) is 15.6 Å². The molecule has 0 spiro atoms. The SMILES string of the molecule is CCNC(=NCc1ccc(OCCOC)nc1)NCCc1ccccc1F. The van der Waals surface area contributed by atoms with Gasteiger partial charge in [0.25, 0.3) is 0 Å². The molecule has 0 unspecified atom stereocenters. The number of aliphatic imine (C=N–C) groups is 1. The van der Waals surface area contributed by atoms with Gasteiger partial charge in [0.2, 0.25) is 5.88 Å². The van der Waals surface area contributed by atoms with Crippen molar-refractivity contribution in [3.63, 3.8) is 0 Å². The van der Waals surface area contributed by atoms with E-state index in [9.17, 15) is 4.39 Å². The van der Waals surface area contributed by atoms with Crippen LogP contribution in [0.15, 0.2) is 47.6 Å². The van der Waals surface area contributed by atoms with Crippen molar-refractivity contribution < 1.29 is 13.9 Å². The van der Waals surface area contributed by atoms with Crippen molar-refractivity contribution in [3.8, 4) is 5.88 Å². The van der Waals surface area contributed by atoms with E-state index in [-0.39, 0.29) is 5.82 Å². The Balaban J connectivity index is 1.84. The molecular weight excluding hydrogens is 347 g/mol. The van der Waals surface area contributed by atoms with Gasteiger partial charge in [0.15, 0.2) is 5.96 Å². The van der Waals surface area contributed by atoms with Crippen LogP contribution in [0.1, 0.15) is 18.1 Å². The quantitative estimate of drug-likeness (QED) is 0.380. The highest BCUT2D eigenvalue weighted by Gasteiger charge is 2.02. The molecule has 1 aromatic heterocycles. The first kappa shape index (κ1) is 20.6. The van der Waals surface area contributed by atoms with Gasteiger partial charge in [-0.15, -0.1) is 0 Å². The van der Waals surface area contributed by atoms with Crippen molar-refractivity contribution in [3.05, 3.63) is 59.5 Å². The minimum atomic E-state index is -0.180. The summed E-state index contributed by atoms with van der Waals surface area (Å²) in [6.07, 6.45) is 2.33. The lowest BCUT2D eigenvalue weighted by Crippen LogP contribution is -2.38. The maximum atomic E-state index is 13.7. The fraction of sp³-hybridized carbons (Fsp3) is 0.400. The van der Waals surface area contributed by atoms with Gasteiger partial charge in [-0.1, -0.05) is 24.3 Å². The molecule has 0 radical (unpaired) electrons. The normalized spacial score (nSPS) is 11.3. The Morgan fingerprint density at radius 2 is 2.00 bits per heavy atom. The van der Waals surface area contributed by atoms with Crippen LogP contribution in [-0.4, -0.2) is 44.4 Å². The zero-order chi connectivity index (χ0) is 19.3. The van der Waals surface area contributed by atoms with E-state index in [1.54, 1.807) is 25.4 Å². The van der Waals surface area contributed by atoms with Gasteiger partial charge in [-0.05, 0) is 30.5 Å². The Hall–Kier alpha value is -2.67. The van der Waals surface area contributed by atoms with E-state index in [1.807, 2.05) is 25.1 Å². The largest absolute Gasteiger partial charge is 0.475 e. The molecule has 0 bridgehead atoms. The van der Waals surface area contributed by atoms with Gasteiger partial charge in [-0.3, -0.25) is 0 Å². The highest BCUT2D eigenvalue weighted by Crippen LogP contribution is 2.09. The first-order valence-electron chi connectivity index (χ1n) is 9.05. The third kappa shape index (κ3) is 7.62. The van der Waals surface area contributed by atoms with Gasteiger partial charge >= 0.3 is 0 Å². The van der Waals surface area contributed by atoms with Crippen molar-refractivity contribution in [2.45, 2.75) is 19.9 Å². The Morgan fingerprint density at radius 1 is 1.15 bits per heavy atom. The molecule has 0 amide bonds. The molecule has 146 valence electrons. The molecule has 2 aromatic rings. The van der Waals surface area contributed by atoms with Gasteiger partial charge in [0, 0.05) is 32.5 Å². The van der Waals surface area contributed by atoms with Crippen molar-refractivity contribution in [2.75, 3.05) is 33.4 Å². The van der Waals surface area contributed by atoms with E-state index in [2.05, 4.69) is 20.6 Å². The second-order valence-corrected chi connectivity index (χ2v) is 5.81. The third-order valence-electron chi connectivity index (χ3n) is 3.74. The Labute approximate surface area is 159 Å². The third-order valence-corrected chi connectivity index (χ3v) is 3.74. The maximum Gasteiger partial charge on any atom is 0.213 e. The smallest absolute Gasteiger partial charge is 0.213 e. The van der Waals surface area contributed by atoms with E-state index in [0.717, 1.165) is 12.1 Å². The topological polar surface area (TPSA) is 67.8 Å². The van der Waals surface area contributed by atoms with E-state index in [1.165, 1.54) is 6.07 Å². The van der Waals surface area contributed by atoms with Crippen LogP contribution < -0.4 is 15.4 Å². The summed E-state index contributed by atoms with van der Waals surface area (Å²) in [5.74, 6) is 1.07. The number of ether oxygens (including phenoxy) is 2. The summed E-state index contributed by atoms with van der Waals surface area (Å²) in [5.41, 5.74) is 1.66. The molecule has 1 aromatic carbocycles. The number of guanidine groups is 1. The second kappa shape index (κ2) is 11.9. The van der Waals surface area contributed by atoms with Crippen LogP contribution in [0.2, 0.25) is 0 Å². The molecule has 0 saturated heterocycles. The Morgan fingerprint density at radius 3 is 2.70 bits per heavy atom. The molecule has 0 aliphatic rings. The first-order chi connectivity index (χ1) is 13.2. The molecule has 0 saturated carbocycles. The number of hydrogen-bond acceptors (Lipinski definition) is 4. The predicted molar refractivity (Wildman–Crippen MR) is 105 cm³/mol. The van der Waals surface area contributed by atoms with Gasteiger partial charge in [-0.2, -0.15) is 0 Å². The van der Waals surface area contributed by atoms with Gasteiger partial charge in [0.1, 0.15) is 12.4 Å². The lowest BCUT2D eigenvalue weighted by Gasteiger charge is -2.11. The van der Waals surface area contributed by atoms with Gasteiger partial charge in [-0.25, -0.2) is 14.4 Å². The van der Waals surface area contributed by atoms with Crippen LogP contribution in [0.25, 0.3) is 0 Å².